The number of rotatable bonds is 4. The van der Waals surface area contributed by atoms with Gasteiger partial charge in [0.15, 0.2) is 0 Å². The second kappa shape index (κ2) is 6.64. The Hall–Kier alpha value is -1.71. The van der Waals surface area contributed by atoms with Gasteiger partial charge in [0.1, 0.15) is 0 Å². The van der Waals surface area contributed by atoms with Gasteiger partial charge in [-0.2, -0.15) is 0 Å². The molecule has 1 aromatic rings. The van der Waals surface area contributed by atoms with Crippen LogP contribution in [-0.4, -0.2) is 18.6 Å². The van der Waals surface area contributed by atoms with Crippen LogP contribution in [0.1, 0.15) is 49.9 Å². The number of hydrogen-bond acceptors (Lipinski definition) is 4. The van der Waals surface area contributed by atoms with Crippen LogP contribution in [0.15, 0.2) is 18.2 Å². The fraction of sp³-hybridized carbons (Fsp3) is 0.562. The number of carbonyl (C=O) groups is 1. The summed E-state index contributed by atoms with van der Waals surface area (Å²) < 4.78 is 4.97. The van der Waals surface area contributed by atoms with Crippen LogP contribution in [0, 0.1) is 5.92 Å². The predicted octanol–water partition coefficient (Wildman–Crippen LogP) is 3.44. The van der Waals surface area contributed by atoms with Crippen molar-refractivity contribution in [3.63, 3.8) is 0 Å². The first kappa shape index (κ1) is 14.7. The molecule has 0 aliphatic heterocycles. The van der Waals surface area contributed by atoms with Crippen LogP contribution < -0.4 is 11.1 Å². The number of carbonyl (C=O) groups excluding carboxylic acids is 1. The molecule has 0 aromatic heterocycles. The minimum atomic E-state index is -0.322. The average molecular weight is 276 g/mol. The van der Waals surface area contributed by atoms with Crippen molar-refractivity contribution in [1.29, 1.82) is 0 Å². The van der Waals surface area contributed by atoms with E-state index in [0.29, 0.717) is 29.8 Å². The van der Waals surface area contributed by atoms with Crippen LogP contribution >= 0.6 is 0 Å². The highest BCUT2D eigenvalue weighted by Gasteiger charge is 2.21. The summed E-state index contributed by atoms with van der Waals surface area (Å²) in [6.07, 6.45) is 5.03. The Labute approximate surface area is 120 Å². The van der Waals surface area contributed by atoms with Gasteiger partial charge in [-0.05, 0) is 43.9 Å². The first-order chi connectivity index (χ1) is 9.61. The lowest BCUT2D eigenvalue weighted by Crippen LogP contribution is -2.30. The van der Waals surface area contributed by atoms with Gasteiger partial charge in [-0.3, -0.25) is 0 Å². The Balaban J connectivity index is 2.07. The van der Waals surface area contributed by atoms with Gasteiger partial charge in [-0.25, -0.2) is 4.79 Å². The summed E-state index contributed by atoms with van der Waals surface area (Å²) in [6.45, 7) is 4.44. The van der Waals surface area contributed by atoms with E-state index in [1.807, 2.05) is 6.07 Å². The molecule has 2 unspecified atom stereocenters. The van der Waals surface area contributed by atoms with Gasteiger partial charge < -0.3 is 15.8 Å². The van der Waals surface area contributed by atoms with E-state index in [2.05, 4.69) is 12.2 Å². The molecule has 1 aliphatic rings. The fourth-order valence-corrected chi connectivity index (χ4v) is 2.77. The molecule has 4 heteroatoms. The van der Waals surface area contributed by atoms with Gasteiger partial charge in [-0.15, -0.1) is 0 Å². The Morgan fingerprint density at radius 1 is 1.40 bits per heavy atom. The highest BCUT2D eigenvalue weighted by molar-refractivity contribution is 5.91. The molecule has 2 rings (SSSR count). The molecule has 3 N–H and O–H groups in total. The van der Waals surface area contributed by atoms with E-state index in [0.717, 1.165) is 5.69 Å². The maximum Gasteiger partial charge on any atom is 0.338 e. The van der Waals surface area contributed by atoms with E-state index in [1.165, 1.54) is 25.7 Å². The molecular weight excluding hydrogens is 252 g/mol. The zero-order chi connectivity index (χ0) is 14.5. The van der Waals surface area contributed by atoms with Crippen LogP contribution in [0.5, 0.6) is 0 Å². The highest BCUT2D eigenvalue weighted by atomic mass is 16.5. The first-order valence-corrected chi connectivity index (χ1v) is 7.45. The SMILES string of the molecule is CCOC(=O)c1ccc(NC2CCCCC2C)c(N)c1. The van der Waals surface area contributed by atoms with E-state index < -0.39 is 0 Å². The summed E-state index contributed by atoms with van der Waals surface area (Å²) in [5.41, 5.74) is 8.07. The van der Waals surface area contributed by atoms with Crippen molar-refractivity contribution in [2.45, 2.75) is 45.6 Å². The molecule has 1 aromatic carbocycles. The van der Waals surface area contributed by atoms with Crippen molar-refractivity contribution in [1.82, 2.24) is 0 Å². The molecule has 0 spiro atoms. The van der Waals surface area contributed by atoms with Crippen molar-refractivity contribution >= 4 is 17.3 Å². The summed E-state index contributed by atoms with van der Waals surface area (Å²) >= 11 is 0. The van der Waals surface area contributed by atoms with Crippen LogP contribution in [0.4, 0.5) is 11.4 Å². The van der Waals surface area contributed by atoms with Crippen molar-refractivity contribution in [3.05, 3.63) is 23.8 Å². The zero-order valence-corrected chi connectivity index (χ0v) is 12.3. The monoisotopic (exact) mass is 276 g/mol. The lowest BCUT2D eigenvalue weighted by molar-refractivity contribution is 0.0526. The van der Waals surface area contributed by atoms with Crippen molar-refractivity contribution in [2.75, 3.05) is 17.7 Å². The normalized spacial score (nSPS) is 22.3. The van der Waals surface area contributed by atoms with Gasteiger partial charge in [0.2, 0.25) is 0 Å². The van der Waals surface area contributed by atoms with Crippen LogP contribution in [0.3, 0.4) is 0 Å². The van der Waals surface area contributed by atoms with Crippen LogP contribution in [-0.2, 0) is 4.74 Å². The number of nitrogens with one attached hydrogen (secondary N) is 1. The van der Waals surface area contributed by atoms with E-state index >= 15 is 0 Å². The first-order valence-electron chi connectivity index (χ1n) is 7.45. The molecule has 20 heavy (non-hydrogen) atoms. The third kappa shape index (κ3) is 3.44. The summed E-state index contributed by atoms with van der Waals surface area (Å²) in [6, 6.07) is 5.81. The number of anilines is 2. The lowest BCUT2D eigenvalue weighted by atomic mass is 9.86. The van der Waals surface area contributed by atoms with E-state index in [9.17, 15) is 4.79 Å². The van der Waals surface area contributed by atoms with Crippen LogP contribution in [0.25, 0.3) is 0 Å². The molecule has 0 radical (unpaired) electrons. The van der Waals surface area contributed by atoms with Gasteiger partial charge >= 0.3 is 5.97 Å². The Morgan fingerprint density at radius 3 is 2.80 bits per heavy atom. The standard InChI is InChI=1S/C16H24N2O2/c1-3-20-16(19)12-8-9-15(13(17)10-12)18-14-7-5-4-6-11(14)2/h8-11,14,18H,3-7,17H2,1-2H3. The lowest BCUT2D eigenvalue weighted by Gasteiger charge is -2.30. The predicted molar refractivity (Wildman–Crippen MR) is 81.9 cm³/mol. The van der Waals surface area contributed by atoms with Gasteiger partial charge in [0.05, 0.1) is 23.5 Å². The molecular formula is C16H24N2O2. The van der Waals surface area contributed by atoms with Crippen molar-refractivity contribution in [2.24, 2.45) is 5.92 Å². The van der Waals surface area contributed by atoms with Crippen molar-refractivity contribution in [3.8, 4) is 0 Å². The number of nitrogen functional groups attached to an aromatic ring is 1. The summed E-state index contributed by atoms with van der Waals surface area (Å²) in [7, 11) is 0. The second-order valence-corrected chi connectivity index (χ2v) is 5.54. The fourth-order valence-electron chi connectivity index (χ4n) is 2.77. The number of hydrogen-bond donors (Lipinski definition) is 2. The third-order valence-electron chi connectivity index (χ3n) is 4.02. The van der Waals surface area contributed by atoms with E-state index in [-0.39, 0.29) is 5.97 Å². The number of esters is 1. The maximum absolute atomic E-state index is 11.7. The number of benzene rings is 1. The van der Waals surface area contributed by atoms with Gasteiger partial charge in [0.25, 0.3) is 0 Å². The Bertz CT molecular complexity index is 474. The topological polar surface area (TPSA) is 64.3 Å². The maximum atomic E-state index is 11.7. The van der Waals surface area contributed by atoms with E-state index in [4.69, 9.17) is 10.5 Å². The van der Waals surface area contributed by atoms with Crippen molar-refractivity contribution < 1.29 is 9.53 Å². The number of nitrogens with two attached hydrogens (primary N) is 1. The van der Waals surface area contributed by atoms with Gasteiger partial charge in [-0.1, -0.05) is 19.8 Å². The molecule has 0 heterocycles. The molecule has 1 aliphatic carbocycles. The summed E-state index contributed by atoms with van der Waals surface area (Å²) in [5, 5.41) is 3.52. The minimum absolute atomic E-state index is 0.322. The number of ether oxygens (including phenoxy) is 1. The third-order valence-corrected chi connectivity index (χ3v) is 4.02. The largest absolute Gasteiger partial charge is 0.462 e. The molecule has 1 saturated carbocycles. The smallest absolute Gasteiger partial charge is 0.338 e. The zero-order valence-electron chi connectivity index (χ0n) is 12.3. The van der Waals surface area contributed by atoms with Gasteiger partial charge in [0, 0.05) is 6.04 Å². The molecule has 0 bridgehead atoms. The van der Waals surface area contributed by atoms with Crippen LogP contribution in [0.2, 0.25) is 0 Å². The molecule has 110 valence electrons. The second-order valence-electron chi connectivity index (χ2n) is 5.54. The molecule has 4 nitrogen and oxygen atoms in total. The van der Waals surface area contributed by atoms with E-state index in [1.54, 1.807) is 19.1 Å². The Kier molecular flexibility index (Phi) is 4.88. The Morgan fingerprint density at radius 2 is 2.15 bits per heavy atom. The highest BCUT2D eigenvalue weighted by Crippen LogP contribution is 2.29. The molecule has 1 fully saturated rings. The molecule has 2 atom stereocenters. The molecule has 0 saturated heterocycles. The summed E-state index contributed by atoms with van der Waals surface area (Å²) in [4.78, 5) is 11.7. The quantitative estimate of drug-likeness (QED) is 0.653. The average Bonchev–Trinajstić information content (AvgIpc) is 2.43. The summed E-state index contributed by atoms with van der Waals surface area (Å²) in [5.74, 6) is 0.338. The molecule has 0 amide bonds. The minimum Gasteiger partial charge on any atom is -0.462 e.